The Morgan fingerprint density at radius 3 is 2.96 bits per heavy atom. The highest BCUT2D eigenvalue weighted by Crippen LogP contribution is 2.26. The number of hydrogen-bond donors (Lipinski definition) is 1. The van der Waals surface area contributed by atoms with Gasteiger partial charge in [-0.05, 0) is 36.9 Å². The van der Waals surface area contributed by atoms with Crippen molar-refractivity contribution < 1.29 is 4.39 Å². The predicted molar refractivity (Wildman–Crippen MR) is 97.6 cm³/mol. The Bertz CT molecular complexity index is 973. The lowest BCUT2D eigenvalue weighted by Gasteiger charge is -2.11. The van der Waals surface area contributed by atoms with E-state index in [4.69, 9.17) is 0 Å². The Hall–Kier alpha value is -3.35. The van der Waals surface area contributed by atoms with Crippen LogP contribution in [0.15, 0.2) is 54.4 Å². The van der Waals surface area contributed by atoms with E-state index in [0.717, 1.165) is 23.7 Å². The molecule has 0 saturated carbocycles. The lowest BCUT2D eigenvalue weighted by molar-refractivity contribution is 0.625. The SMILES string of the molecule is C=C/C=C(\N=C)c1nc(Nc2ccncc2F)c2c(CC)ccn2n1. The number of allylic oxidation sites excluding steroid dienone is 2. The number of aliphatic imine (C=N–C) groups is 1. The maximum absolute atomic E-state index is 14.0. The fourth-order valence-electron chi connectivity index (χ4n) is 2.48. The summed E-state index contributed by atoms with van der Waals surface area (Å²) in [5.74, 6) is 0.377. The molecular weight excluding hydrogens is 319 g/mol. The highest BCUT2D eigenvalue weighted by Gasteiger charge is 2.15. The normalized spacial score (nSPS) is 11.5. The van der Waals surface area contributed by atoms with E-state index >= 15 is 0 Å². The Labute approximate surface area is 144 Å². The summed E-state index contributed by atoms with van der Waals surface area (Å²) < 4.78 is 15.7. The van der Waals surface area contributed by atoms with Crippen LogP contribution in [0.2, 0.25) is 0 Å². The van der Waals surface area contributed by atoms with Crippen LogP contribution in [0.25, 0.3) is 11.2 Å². The van der Waals surface area contributed by atoms with Gasteiger partial charge in [0.1, 0.15) is 11.2 Å². The van der Waals surface area contributed by atoms with Crippen LogP contribution >= 0.6 is 0 Å². The van der Waals surface area contributed by atoms with Gasteiger partial charge in [-0.15, -0.1) is 5.10 Å². The second-order valence-corrected chi connectivity index (χ2v) is 5.20. The van der Waals surface area contributed by atoms with E-state index in [0.29, 0.717) is 17.3 Å². The van der Waals surface area contributed by atoms with Crippen molar-refractivity contribution in [3.8, 4) is 0 Å². The van der Waals surface area contributed by atoms with Gasteiger partial charge in [0.05, 0.1) is 11.9 Å². The maximum atomic E-state index is 14.0. The molecule has 6 nitrogen and oxygen atoms in total. The molecule has 0 unspecified atom stereocenters. The van der Waals surface area contributed by atoms with E-state index < -0.39 is 5.82 Å². The lowest BCUT2D eigenvalue weighted by atomic mass is 10.2. The smallest absolute Gasteiger partial charge is 0.200 e. The number of aryl methyl sites for hydroxylation is 1. The molecule has 126 valence electrons. The predicted octanol–water partition coefficient (Wildman–Crippen LogP) is 3.80. The first-order valence-electron chi connectivity index (χ1n) is 7.72. The average Bonchev–Trinajstić information content (AvgIpc) is 3.05. The zero-order valence-corrected chi connectivity index (χ0v) is 13.8. The maximum Gasteiger partial charge on any atom is 0.200 e. The van der Waals surface area contributed by atoms with Crippen molar-refractivity contribution in [1.82, 2.24) is 19.6 Å². The van der Waals surface area contributed by atoms with Crippen LogP contribution in [0.4, 0.5) is 15.9 Å². The Morgan fingerprint density at radius 2 is 2.28 bits per heavy atom. The number of halogens is 1. The molecule has 7 heteroatoms. The zero-order valence-electron chi connectivity index (χ0n) is 13.8. The minimum atomic E-state index is -0.464. The first-order chi connectivity index (χ1) is 12.2. The van der Waals surface area contributed by atoms with Gasteiger partial charge in [0.15, 0.2) is 11.6 Å². The van der Waals surface area contributed by atoms with Gasteiger partial charge in [0.2, 0.25) is 5.82 Å². The molecule has 0 spiro atoms. The fourth-order valence-corrected chi connectivity index (χ4v) is 2.48. The summed E-state index contributed by atoms with van der Waals surface area (Å²) in [5, 5.41) is 7.50. The molecule has 0 aliphatic heterocycles. The van der Waals surface area contributed by atoms with Crippen molar-refractivity contribution in [2.75, 3.05) is 5.32 Å². The highest BCUT2D eigenvalue weighted by molar-refractivity contribution is 5.78. The third-order valence-corrected chi connectivity index (χ3v) is 3.68. The molecule has 0 saturated heterocycles. The highest BCUT2D eigenvalue weighted by atomic mass is 19.1. The van der Waals surface area contributed by atoms with Gasteiger partial charge in [0.25, 0.3) is 0 Å². The molecule has 0 radical (unpaired) electrons. The van der Waals surface area contributed by atoms with Gasteiger partial charge < -0.3 is 5.32 Å². The Morgan fingerprint density at radius 1 is 1.44 bits per heavy atom. The van der Waals surface area contributed by atoms with Gasteiger partial charge >= 0.3 is 0 Å². The van der Waals surface area contributed by atoms with Crippen molar-refractivity contribution in [2.24, 2.45) is 4.99 Å². The zero-order chi connectivity index (χ0) is 17.8. The number of hydrogen-bond acceptors (Lipinski definition) is 5. The number of pyridine rings is 1. The van der Waals surface area contributed by atoms with Crippen LogP contribution in [0.5, 0.6) is 0 Å². The number of rotatable bonds is 6. The third-order valence-electron chi connectivity index (χ3n) is 3.68. The fraction of sp³-hybridized carbons (Fsp3) is 0.111. The molecule has 1 N–H and O–H groups in total. The summed E-state index contributed by atoms with van der Waals surface area (Å²) in [6, 6.07) is 3.51. The van der Waals surface area contributed by atoms with Crippen LogP contribution in [0.3, 0.4) is 0 Å². The molecule has 3 aromatic heterocycles. The summed E-state index contributed by atoms with van der Waals surface area (Å²) >= 11 is 0. The van der Waals surface area contributed by atoms with Crippen molar-refractivity contribution in [1.29, 1.82) is 0 Å². The van der Waals surface area contributed by atoms with Crippen LogP contribution in [0.1, 0.15) is 18.3 Å². The van der Waals surface area contributed by atoms with Crippen LogP contribution in [-0.4, -0.2) is 26.3 Å². The molecule has 3 rings (SSSR count). The second kappa shape index (κ2) is 7.04. The van der Waals surface area contributed by atoms with Crippen molar-refractivity contribution in [2.45, 2.75) is 13.3 Å². The van der Waals surface area contributed by atoms with E-state index in [1.807, 2.05) is 19.2 Å². The van der Waals surface area contributed by atoms with Crippen molar-refractivity contribution in [3.63, 3.8) is 0 Å². The molecule has 0 atom stereocenters. The Balaban J connectivity index is 2.21. The summed E-state index contributed by atoms with van der Waals surface area (Å²) in [6.45, 7) is 9.23. The quantitative estimate of drug-likeness (QED) is 0.549. The van der Waals surface area contributed by atoms with Gasteiger partial charge in [-0.1, -0.05) is 19.6 Å². The molecule has 0 aromatic carbocycles. The minimum Gasteiger partial charge on any atom is -0.336 e. The molecule has 3 heterocycles. The van der Waals surface area contributed by atoms with Gasteiger partial charge in [0, 0.05) is 12.4 Å². The largest absolute Gasteiger partial charge is 0.336 e. The van der Waals surface area contributed by atoms with Gasteiger partial charge in [-0.2, -0.15) is 0 Å². The standard InChI is InChI=1S/C18H17FN6/c1-4-6-15(20-3)17-23-18(22-14-7-9-21-11-13(14)19)16-12(5-2)8-10-25(16)24-17/h4,6-11H,1,3,5H2,2H3,(H,21,22,23,24)/b15-6-. The van der Waals surface area contributed by atoms with Crippen molar-refractivity contribution in [3.05, 3.63) is 66.7 Å². The molecule has 0 amide bonds. The molecule has 3 aromatic rings. The number of nitrogens with one attached hydrogen (secondary N) is 1. The number of fused-ring (bicyclic) bond motifs is 1. The monoisotopic (exact) mass is 336 g/mol. The number of aromatic nitrogens is 4. The summed E-state index contributed by atoms with van der Waals surface area (Å²) in [4.78, 5) is 12.2. The molecular formula is C18H17FN6. The average molecular weight is 336 g/mol. The summed E-state index contributed by atoms with van der Waals surface area (Å²) in [5.41, 5.74) is 2.58. The van der Waals surface area contributed by atoms with Crippen molar-refractivity contribution >= 4 is 29.4 Å². The van der Waals surface area contributed by atoms with E-state index in [-0.39, 0.29) is 5.69 Å². The number of nitrogens with zero attached hydrogens (tertiary/aromatic N) is 5. The van der Waals surface area contributed by atoms with E-state index in [1.54, 1.807) is 22.7 Å². The first kappa shape index (κ1) is 16.5. The van der Waals surface area contributed by atoms with Crippen LogP contribution in [0, 0.1) is 5.82 Å². The Kier molecular flexibility index (Phi) is 4.65. The minimum absolute atomic E-state index is 0.283. The third kappa shape index (κ3) is 3.16. The van der Waals surface area contributed by atoms with Gasteiger partial charge in [-0.3, -0.25) is 9.98 Å². The molecule has 25 heavy (non-hydrogen) atoms. The van der Waals surface area contributed by atoms with Gasteiger partial charge in [-0.25, -0.2) is 13.9 Å². The first-order valence-corrected chi connectivity index (χ1v) is 7.72. The van der Waals surface area contributed by atoms with E-state index in [1.165, 1.54) is 6.20 Å². The molecule has 0 fully saturated rings. The van der Waals surface area contributed by atoms with Crippen LogP contribution in [-0.2, 0) is 6.42 Å². The summed E-state index contributed by atoms with van der Waals surface area (Å²) in [6.07, 6.45) is 8.53. The number of anilines is 2. The van der Waals surface area contributed by atoms with E-state index in [9.17, 15) is 4.39 Å². The van der Waals surface area contributed by atoms with Crippen LogP contribution < -0.4 is 5.32 Å². The topological polar surface area (TPSA) is 67.5 Å². The molecule has 0 aliphatic carbocycles. The molecule has 0 aliphatic rings. The summed E-state index contributed by atoms with van der Waals surface area (Å²) in [7, 11) is 0. The van der Waals surface area contributed by atoms with E-state index in [2.05, 4.69) is 38.7 Å². The second-order valence-electron chi connectivity index (χ2n) is 5.20. The lowest BCUT2D eigenvalue weighted by Crippen LogP contribution is -2.07. The molecule has 0 bridgehead atoms.